The summed E-state index contributed by atoms with van der Waals surface area (Å²) in [6, 6.07) is 7.57. The third-order valence-electron chi connectivity index (χ3n) is 4.62. The first-order valence-corrected chi connectivity index (χ1v) is 9.11. The minimum absolute atomic E-state index is 0. The van der Waals surface area contributed by atoms with Gasteiger partial charge in [-0.15, -0.1) is 24.0 Å². The Labute approximate surface area is 178 Å². The van der Waals surface area contributed by atoms with E-state index < -0.39 is 0 Å². The maximum atomic E-state index is 9.29. The van der Waals surface area contributed by atoms with Gasteiger partial charge in [-0.05, 0) is 43.5 Å². The van der Waals surface area contributed by atoms with E-state index in [0.717, 1.165) is 56.4 Å². The van der Waals surface area contributed by atoms with Gasteiger partial charge in [0.05, 0.1) is 20.3 Å². The van der Waals surface area contributed by atoms with E-state index in [1.807, 2.05) is 24.3 Å². The molecule has 1 heterocycles. The summed E-state index contributed by atoms with van der Waals surface area (Å²) in [6.07, 6.45) is 2.57. The lowest BCUT2D eigenvalue weighted by Gasteiger charge is -2.27. The molecule has 3 N–H and O–H groups in total. The van der Waals surface area contributed by atoms with Crippen molar-refractivity contribution in [3.8, 4) is 11.5 Å². The van der Waals surface area contributed by atoms with Crippen molar-refractivity contribution in [1.82, 2.24) is 10.6 Å². The van der Waals surface area contributed by atoms with Crippen LogP contribution in [0.25, 0.3) is 0 Å². The van der Waals surface area contributed by atoms with Crippen molar-refractivity contribution < 1.29 is 19.3 Å². The second-order valence-corrected chi connectivity index (χ2v) is 6.51. The van der Waals surface area contributed by atoms with Crippen LogP contribution in [0.15, 0.2) is 29.3 Å². The Bertz CT molecular complexity index is 548. The first-order chi connectivity index (χ1) is 12.7. The number of aliphatic hydroxyl groups excluding tert-OH is 1. The highest BCUT2D eigenvalue weighted by Crippen LogP contribution is 2.31. The summed E-state index contributed by atoms with van der Waals surface area (Å²) in [5.74, 6) is 2.42. The Kier molecular flexibility index (Phi) is 11.5. The van der Waals surface area contributed by atoms with Crippen LogP contribution in [0.2, 0.25) is 0 Å². The number of nitrogens with zero attached hydrogens (tertiary/aromatic N) is 1. The van der Waals surface area contributed by atoms with Crippen LogP contribution in [0.3, 0.4) is 0 Å². The molecule has 1 saturated heterocycles. The summed E-state index contributed by atoms with van der Waals surface area (Å²) in [7, 11) is 3.40. The van der Waals surface area contributed by atoms with Gasteiger partial charge in [-0.25, -0.2) is 0 Å². The Morgan fingerprint density at radius 3 is 2.59 bits per heavy atom. The summed E-state index contributed by atoms with van der Waals surface area (Å²) in [4.78, 5) is 4.25. The standard InChI is InChI=1S/C19H31N3O4.HI/c1-20-18(22-14-19(8-11-23)9-13-25-15-19)21-10-3-12-26-17-6-4-16(24-2)5-7-17;/h4-7,23H,3,8-15H2,1-2H3,(H2,20,21,22);1H. The van der Waals surface area contributed by atoms with E-state index in [1.54, 1.807) is 14.2 Å². The Hall–Kier alpha value is -1.26. The lowest BCUT2D eigenvalue weighted by Crippen LogP contribution is -2.44. The molecule has 1 aromatic rings. The molecule has 7 nitrogen and oxygen atoms in total. The fourth-order valence-corrected chi connectivity index (χ4v) is 2.94. The monoisotopic (exact) mass is 493 g/mol. The lowest BCUT2D eigenvalue weighted by molar-refractivity contribution is 0.127. The van der Waals surface area contributed by atoms with Gasteiger partial charge in [-0.2, -0.15) is 0 Å². The molecule has 1 unspecified atom stereocenters. The topological polar surface area (TPSA) is 84.3 Å². The lowest BCUT2D eigenvalue weighted by atomic mass is 9.84. The van der Waals surface area contributed by atoms with Crippen LogP contribution in [0, 0.1) is 5.41 Å². The minimum atomic E-state index is 0. The third kappa shape index (κ3) is 8.10. The highest BCUT2D eigenvalue weighted by Gasteiger charge is 2.34. The van der Waals surface area contributed by atoms with Gasteiger partial charge in [-0.1, -0.05) is 0 Å². The highest BCUT2D eigenvalue weighted by atomic mass is 127. The van der Waals surface area contributed by atoms with Crippen molar-refractivity contribution >= 4 is 29.9 Å². The van der Waals surface area contributed by atoms with Gasteiger partial charge in [-0.3, -0.25) is 4.99 Å². The van der Waals surface area contributed by atoms with Crippen molar-refractivity contribution in [3.63, 3.8) is 0 Å². The molecule has 0 radical (unpaired) electrons. The molecule has 8 heteroatoms. The van der Waals surface area contributed by atoms with Crippen LogP contribution in [0.4, 0.5) is 0 Å². The van der Waals surface area contributed by atoms with Gasteiger partial charge in [0.1, 0.15) is 11.5 Å². The molecule has 1 aliphatic heterocycles. The Morgan fingerprint density at radius 1 is 1.26 bits per heavy atom. The summed E-state index contributed by atoms with van der Waals surface area (Å²) in [5, 5.41) is 15.9. The number of halogens is 1. The number of aliphatic imine (C=N–C) groups is 1. The molecular formula is C19H32IN3O4. The van der Waals surface area contributed by atoms with E-state index >= 15 is 0 Å². The molecule has 0 aromatic heterocycles. The predicted octanol–water partition coefficient (Wildman–Crippen LogP) is 2.04. The van der Waals surface area contributed by atoms with Crippen LogP contribution in [0.1, 0.15) is 19.3 Å². The first-order valence-electron chi connectivity index (χ1n) is 9.11. The minimum Gasteiger partial charge on any atom is -0.497 e. The Morgan fingerprint density at radius 2 is 2.00 bits per heavy atom. The van der Waals surface area contributed by atoms with Crippen molar-refractivity contribution in [2.45, 2.75) is 19.3 Å². The molecule has 1 fully saturated rings. The molecular weight excluding hydrogens is 461 g/mol. The van der Waals surface area contributed by atoms with Crippen LogP contribution in [-0.4, -0.2) is 64.7 Å². The van der Waals surface area contributed by atoms with Crippen molar-refractivity contribution in [3.05, 3.63) is 24.3 Å². The third-order valence-corrected chi connectivity index (χ3v) is 4.62. The Balaban J connectivity index is 0.00000364. The largest absolute Gasteiger partial charge is 0.497 e. The van der Waals surface area contributed by atoms with Crippen molar-refractivity contribution in [2.75, 3.05) is 53.7 Å². The van der Waals surface area contributed by atoms with E-state index in [1.165, 1.54) is 0 Å². The first kappa shape index (κ1) is 23.8. The number of hydrogen-bond donors (Lipinski definition) is 3. The zero-order valence-corrected chi connectivity index (χ0v) is 18.5. The number of hydrogen-bond acceptors (Lipinski definition) is 5. The van der Waals surface area contributed by atoms with Crippen molar-refractivity contribution in [1.29, 1.82) is 0 Å². The molecule has 1 aromatic carbocycles. The highest BCUT2D eigenvalue weighted by molar-refractivity contribution is 14.0. The summed E-state index contributed by atoms with van der Waals surface area (Å²) in [6.45, 7) is 3.76. The quantitative estimate of drug-likeness (QED) is 0.200. The SMILES string of the molecule is CN=C(NCCCOc1ccc(OC)cc1)NCC1(CCO)CCOC1.I. The van der Waals surface area contributed by atoms with E-state index in [0.29, 0.717) is 13.2 Å². The zero-order valence-electron chi connectivity index (χ0n) is 16.2. The molecule has 0 saturated carbocycles. The fourth-order valence-electron chi connectivity index (χ4n) is 2.94. The molecule has 1 aliphatic rings. The predicted molar refractivity (Wildman–Crippen MR) is 117 cm³/mol. The molecule has 27 heavy (non-hydrogen) atoms. The van der Waals surface area contributed by atoms with E-state index in [-0.39, 0.29) is 36.0 Å². The van der Waals surface area contributed by atoms with Gasteiger partial charge >= 0.3 is 0 Å². The van der Waals surface area contributed by atoms with Gasteiger partial charge in [0.25, 0.3) is 0 Å². The van der Waals surface area contributed by atoms with Crippen LogP contribution >= 0.6 is 24.0 Å². The van der Waals surface area contributed by atoms with E-state index in [2.05, 4.69) is 15.6 Å². The maximum absolute atomic E-state index is 9.29. The number of methoxy groups -OCH3 is 1. The summed E-state index contributed by atoms with van der Waals surface area (Å²) < 4.78 is 16.3. The molecule has 154 valence electrons. The zero-order chi connectivity index (χ0) is 18.7. The fraction of sp³-hybridized carbons (Fsp3) is 0.632. The van der Waals surface area contributed by atoms with Gasteiger partial charge in [0, 0.05) is 38.8 Å². The normalized spacial score (nSPS) is 19.3. The number of benzene rings is 1. The van der Waals surface area contributed by atoms with Crippen LogP contribution in [-0.2, 0) is 4.74 Å². The van der Waals surface area contributed by atoms with Crippen LogP contribution < -0.4 is 20.1 Å². The molecule has 2 rings (SSSR count). The second-order valence-electron chi connectivity index (χ2n) is 6.51. The molecule has 0 bridgehead atoms. The molecule has 0 aliphatic carbocycles. The molecule has 0 amide bonds. The number of ether oxygens (including phenoxy) is 3. The van der Waals surface area contributed by atoms with Crippen LogP contribution in [0.5, 0.6) is 11.5 Å². The van der Waals surface area contributed by atoms with E-state index in [9.17, 15) is 5.11 Å². The number of rotatable bonds is 10. The smallest absolute Gasteiger partial charge is 0.191 e. The average Bonchev–Trinajstić information content (AvgIpc) is 3.13. The van der Waals surface area contributed by atoms with Crippen molar-refractivity contribution in [2.24, 2.45) is 10.4 Å². The second kappa shape index (κ2) is 13.0. The average molecular weight is 493 g/mol. The van der Waals surface area contributed by atoms with E-state index in [4.69, 9.17) is 14.2 Å². The van der Waals surface area contributed by atoms with Gasteiger partial charge in [0.2, 0.25) is 0 Å². The maximum Gasteiger partial charge on any atom is 0.191 e. The summed E-state index contributed by atoms with van der Waals surface area (Å²) in [5.41, 5.74) is 0.00382. The molecule has 1 atom stereocenters. The molecule has 0 spiro atoms. The van der Waals surface area contributed by atoms with Gasteiger partial charge < -0.3 is 30.0 Å². The number of nitrogens with one attached hydrogen (secondary N) is 2. The number of guanidine groups is 1. The summed E-state index contributed by atoms with van der Waals surface area (Å²) >= 11 is 0. The van der Waals surface area contributed by atoms with Gasteiger partial charge in [0.15, 0.2) is 5.96 Å². The number of aliphatic hydroxyl groups is 1.